The number of aromatic nitrogens is 2. The molecule has 0 saturated heterocycles. The molecule has 0 radical (unpaired) electrons. The van der Waals surface area contributed by atoms with E-state index >= 15 is 0 Å². The van der Waals surface area contributed by atoms with Crippen LogP contribution in [0.1, 0.15) is 5.56 Å². The Morgan fingerprint density at radius 1 is 1.55 bits per heavy atom. The molecule has 3 rings (SSSR count). The molecule has 4 nitrogen and oxygen atoms in total. The second-order valence-corrected chi connectivity index (χ2v) is 2.53. The predicted molar refractivity (Wildman–Crippen MR) is 36.7 cm³/mol. The molecule has 0 bridgehead atoms. The van der Waals surface area contributed by atoms with Gasteiger partial charge in [0.1, 0.15) is 6.61 Å². The van der Waals surface area contributed by atoms with Gasteiger partial charge in [-0.2, -0.15) is 0 Å². The quantitative estimate of drug-likeness (QED) is 0.530. The van der Waals surface area contributed by atoms with Gasteiger partial charge >= 0.3 is 0 Å². The lowest BCUT2D eigenvalue weighted by Gasteiger charge is -1.84. The minimum atomic E-state index is 0.582. The Bertz CT molecular complexity index is 459. The molecular formula is C7H5N3O. The number of hydrogen-bond donors (Lipinski definition) is 0. The van der Waals surface area contributed by atoms with Crippen LogP contribution in [0.15, 0.2) is 23.7 Å². The molecule has 3 heterocycles. The summed E-state index contributed by atoms with van der Waals surface area (Å²) >= 11 is 0. The summed E-state index contributed by atoms with van der Waals surface area (Å²) in [5.74, 6) is 0. The van der Waals surface area contributed by atoms with Gasteiger partial charge in [0.05, 0.1) is 0 Å². The summed E-state index contributed by atoms with van der Waals surface area (Å²) < 4.78 is 1.96. The maximum Gasteiger partial charge on any atom is 0.166 e. The fraction of sp³-hybridized carbons (Fsp3) is 0.143. The Kier molecular flexibility index (Phi) is 0.711. The van der Waals surface area contributed by atoms with E-state index in [1.54, 1.807) is 6.20 Å². The molecule has 11 heavy (non-hydrogen) atoms. The largest absolute Gasteiger partial charge is 0.390 e. The topological polar surface area (TPSA) is 38.9 Å². The highest BCUT2D eigenvalue weighted by Crippen LogP contribution is 2.06. The fourth-order valence-corrected chi connectivity index (χ4v) is 1.34. The summed E-state index contributed by atoms with van der Waals surface area (Å²) in [6.45, 7) is 0.582. The molecule has 0 aliphatic carbocycles. The lowest BCUT2D eigenvalue weighted by atomic mass is 10.3. The third-order valence-corrected chi connectivity index (χ3v) is 1.86. The van der Waals surface area contributed by atoms with E-state index in [9.17, 15) is 0 Å². The normalized spacial score (nSPS) is 14.5. The van der Waals surface area contributed by atoms with Crippen LogP contribution in [0.2, 0.25) is 0 Å². The first-order chi connectivity index (χ1) is 5.45. The molecule has 0 unspecified atom stereocenters. The van der Waals surface area contributed by atoms with Gasteiger partial charge in [-0.25, -0.2) is 4.98 Å². The lowest BCUT2D eigenvalue weighted by Crippen LogP contribution is -1.98. The van der Waals surface area contributed by atoms with Crippen molar-refractivity contribution in [3.05, 3.63) is 29.5 Å². The van der Waals surface area contributed by atoms with Crippen LogP contribution in [-0.2, 0) is 11.4 Å². The van der Waals surface area contributed by atoms with E-state index in [-0.39, 0.29) is 0 Å². The Morgan fingerprint density at radius 3 is 3.55 bits per heavy atom. The predicted octanol–water partition coefficient (Wildman–Crippen LogP) is 0.118. The maximum absolute atomic E-state index is 4.90. The number of hydrogen-bond acceptors (Lipinski definition) is 3. The van der Waals surface area contributed by atoms with Crippen LogP contribution < -0.4 is 5.36 Å². The summed E-state index contributed by atoms with van der Waals surface area (Å²) in [4.78, 5) is 9.04. The van der Waals surface area contributed by atoms with Crippen LogP contribution in [0.5, 0.6) is 0 Å². The van der Waals surface area contributed by atoms with Gasteiger partial charge in [-0.05, 0) is 0 Å². The molecule has 54 valence electrons. The first-order valence-electron chi connectivity index (χ1n) is 3.39. The van der Waals surface area contributed by atoms with E-state index in [1.165, 1.54) is 0 Å². The Balaban J connectivity index is 2.63. The minimum absolute atomic E-state index is 0.582. The van der Waals surface area contributed by atoms with Crippen LogP contribution in [0.25, 0.3) is 5.65 Å². The van der Waals surface area contributed by atoms with Crippen LogP contribution in [-0.4, -0.2) is 9.38 Å². The van der Waals surface area contributed by atoms with Crippen LogP contribution in [0.3, 0.4) is 0 Å². The summed E-state index contributed by atoms with van der Waals surface area (Å²) in [5, 5.41) is 4.76. The van der Waals surface area contributed by atoms with Gasteiger partial charge in [-0.1, -0.05) is 5.16 Å². The zero-order chi connectivity index (χ0) is 7.26. The van der Waals surface area contributed by atoms with Crippen LogP contribution in [0.4, 0.5) is 0 Å². The summed E-state index contributed by atoms with van der Waals surface area (Å²) in [7, 11) is 0. The molecule has 2 aromatic heterocycles. The van der Waals surface area contributed by atoms with Crippen molar-refractivity contribution < 1.29 is 4.84 Å². The Labute approximate surface area is 62.1 Å². The number of fused-ring (bicyclic) bond motifs is 3. The van der Waals surface area contributed by atoms with E-state index in [1.807, 2.05) is 16.8 Å². The van der Waals surface area contributed by atoms with E-state index in [0.717, 1.165) is 16.6 Å². The SMILES string of the molecule is c1cn2cc3c(c2n1)=NOC3. The van der Waals surface area contributed by atoms with E-state index in [0.29, 0.717) is 6.61 Å². The molecule has 0 amide bonds. The molecule has 4 heteroatoms. The van der Waals surface area contributed by atoms with Crippen molar-refractivity contribution in [1.82, 2.24) is 9.38 Å². The smallest absolute Gasteiger partial charge is 0.166 e. The summed E-state index contributed by atoms with van der Waals surface area (Å²) in [5.41, 5.74) is 2.01. The number of imidazole rings is 1. The molecule has 0 atom stereocenters. The average Bonchev–Trinajstić information content (AvgIpc) is 2.52. The van der Waals surface area contributed by atoms with Crippen molar-refractivity contribution in [3.8, 4) is 0 Å². The zero-order valence-electron chi connectivity index (χ0n) is 5.69. The molecule has 1 aliphatic rings. The van der Waals surface area contributed by atoms with Gasteiger partial charge in [-0.15, -0.1) is 0 Å². The van der Waals surface area contributed by atoms with Crippen molar-refractivity contribution in [2.24, 2.45) is 5.16 Å². The molecular weight excluding hydrogens is 142 g/mol. The van der Waals surface area contributed by atoms with Gasteiger partial charge < -0.3 is 9.24 Å². The van der Waals surface area contributed by atoms with Crippen LogP contribution >= 0.6 is 0 Å². The molecule has 0 fully saturated rings. The minimum Gasteiger partial charge on any atom is -0.390 e. The Hall–Kier alpha value is -1.58. The van der Waals surface area contributed by atoms with Crippen molar-refractivity contribution in [2.45, 2.75) is 6.61 Å². The van der Waals surface area contributed by atoms with E-state index < -0.39 is 0 Å². The third kappa shape index (κ3) is 0.497. The first-order valence-corrected chi connectivity index (χ1v) is 3.39. The van der Waals surface area contributed by atoms with E-state index in [4.69, 9.17) is 4.84 Å². The molecule has 0 N–H and O–H groups in total. The number of rotatable bonds is 0. The van der Waals surface area contributed by atoms with Gasteiger partial charge in [0.15, 0.2) is 11.0 Å². The van der Waals surface area contributed by atoms with Crippen molar-refractivity contribution in [3.63, 3.8) is 0 Å². The molecule has 0 spiro atoms. The van der Waals surface area contributed by atoms with Crippen molar-refractivity contribution in [2.75, 3.05) is 0 Å². The second-order valence-electron chi connectivity index (χ2n) is 2.53. The highest BCUT2D eigenvalue weighted by molar-refractivity contribution is 5.42. The summed E-state index contributed by atoms with van der Waals surface area (Å²) in [6.07, 6.45) is 5.65. The average molecular weight is 147 g/mol. The lowest BCUT2D eigenvalue weighted by molar-refractivity contribution is 0.141. The van der Waals surface area contributed by atoms with Crippen LogP contribution in [0, 0.1) is 0 Å². The van der Waals surface area contributed by atoms with Gasteiger partial charge in [0.25, 0.3) is 0 Å². The maximum atomic E-state index is 4.90. The first kappa shape index (κ1) is 5.12. The summed E-state index contributed by atoms with van der Waals surface area (Å²) in [6, 6.07) is 0. The zero-order valence-corrected chi connectivity index (χ0v) is 5.69. The monoisotopic (exact) mass is 147 g/mol. The van der Waals surface area contributed by atoms with Crippen molar-refractivity contribution in [1.29, 1.82) is 0 Å². The standard InChI is InChI=1S/C7H5N3O/c1-2-10-3-5-4-11-9-6(5)7(10)8-1/h1-3H,4H2. The molecule has 0 aromatic carbocycles. The van der Waals surface area contributed by atoms with Gasteiger partial charge in [0.2, 0.25) is 0 Å². The second kappa shape index (κ2) is 1.53. The van der Waals surface area contributed by atoms with Gasteiger partial charge in [-0.3, -0.25) is 0 Å². The van der Waals surface area contributed by atoms with Gasteiger partial charge in [0, 0.05) is 24.2 Å². The van der Waals surface area contributed by atoms with Crippen molar-refractivity contribution >= 4 is 5.65 Å². The molecule has 2 aromatic rings. The molecule has 1 aliphatic heterocycles. The third-order valence-electron chi connectivity index (χ3n) is 1.86. The Morgan fingerprint density at radius 2 is 2.55 bits per heavy atom. The highest BCUT2D eigenvalue weighted by Gasteiger charge is 2.12. The highest BCUT2D eigenvalue weighted by atomic mass is 16.6. The fourth-order valence-electron chi connectivity index (χ4n) is 1.34. The molecule has 0 saturated carbocycles. The number of nitrogens with zero attached hydrogens (tertiary/aromatic N) is 3. The van der Waals surface area contributed by atoms with E-state index in [2.05, 4.69) is 10.1 Å².